The van der Waals surface area contributed by atoms with Crippen molar-refractivity contribution >= 4 is 0 Å². The van der Waals surface area contributed by atoms with Crippen LogP contribution in [0.3, 0.4) is 0 Å². The number of rotatable bonds is 6. The average Bonchev–Trinajstić information content (AvgIpc) is 2.25. The summed E-state index contributed by atoms with van der Waals surface area (Å²) in [5.74, 6) is 0.873. The van der Waals surface area contributed by atoms with Gasteiger partial charge in [-0.05, 0) is 32.7 Å². The highest BCUT2D eigenvalue weighted by Crippen LogP contribution is 2.09. The molecule has 0 aromatic rings. The summed E-state index contributed by atoms with van der Waals surface area (Å²) in [4.78, 5) is 5.23. The Kier molecular flexibility index (Phi) is 6.37. The van der Waals surface area contributed by atoms with Crippen molar-refractivity contribution in [2.75, 3.05) is 32.7 Å². The molecule has 0 atom stereocenters. The standard InChI is InChI=1S/C14H30N2/c1-13(2)7-5-6-8-15-9-11-16(12-10-15)14(3)4/h13-14H,5-12H2,1-4H3. The summed E-state index contributed by atoms with van der Waals surface area (Å²) in [5, 5.41) is 0. The summed E-state index contributed by atoms with van der Waals surface area (Å²) in [6.45, 7) is 15.7. The Morgan fingerprint density at radius 3 is 2.00 bits per heavy atom. The molecule has 1 saturated heterocycles. The molecule has 1 heterocycles. The number of piperazine rings is 1. The molecular formula is C14H30N2. The van der Waals surface area contributed by atoms with Gasteiger partial charge in [-0.15, -0.1) is 0 Å². The predicted octanol–water partition coefficient (Wildman–Crippen LogP) is 2.84. The second kappa shape index (κ2) is 7.29. The van der Waals surface area contributed by atoms with Crippen molar-refractivity contribution in [2.24, 2.45) is 5.92 Å². The second-order valence-electron chi connectivity index (χ2n) is 5.86. The van der Waals surface area contributed by atoms with Crippen LogP contribution in [0.2, 0.25) is 0 Å². The highest BCUT2D eigenvalue weighted by Gasteiger charge is 2.17. The van der Waals surface area contributed by atoms with Crippen molar-refractivity contribution in [1.82, 2.24) is 9.80 Å². The molecule has 1 aliphatic rings. The molecule has 0 aromatic heterocycles. The summed E-state index contributed by atoms with van der Waals surface area (Å²) in [6, 6.07) is 0.725. The Morgan fingerprint density at radius 1 is 0.875 bits per heavy atom. The molecule has 0 aliphatic carbocycles. The maximum atomic E-state index is 2.64. The number of hydrogen-bond donors (Lipinski definition) is 0. The van der Waals surface area contributed by atoms with E-state index in [1.54, 1.807) is 0 Å². The Labute approximate surface area is 102 Å². The third-order valence-corrected chi connectivity index (χ3v) is 3.64. The summed E-state index contributed by atoms with van der Waals surface area (Å²) >= 11 is 0. The third kappa shape index (κ3) is 5.31. The zero-order valence-corrected chi connectivity index (χ0v) is 11.7. The molecule has 0 aromatic carbocycles. The van der Waals surface area contributed by atoms with Gasteiger partial charge in [-0.2, -0.15) is 0 Å². The van der Waals surface area contributed by atoms with Gasteiger partial charge in [-0.3, -0.25) is 4.90 Å². The third-order valence-electron chi connectivity index (χ3n) is 3.64. The van der Waals surface area contributed by atoms with Crippen LogP contribution < -0.4 is 0 Å². The maximum absolute atomic E-state index is 2.64. The fourth-order valence-corrected chi connectivity index (χ4v) is 2.39. The van der Waals surface area contributed by atoms with Gasteiger partial charge in [0.05, 0.1) is 0 Å². The highest BCUT2D eigenvalue weighted by atomic mass is 15.3. The highest BCUT2D eigenvalue weighted by molar-refractivity contribution is 4.74. The van der Waals surface area contributed by atoms with E-state index < -0.39 is 0 Å². The number of hydrogen-bond acceptors (Lipinski definition) is 2. The van der Waals surface area contributed by atoms with Crippen LogP contribution in [-0.4, -0.2) is 48.6 Å². The van der Waals surface area contributed by atoms with Crippen molar-refractivity contribution in [3.05, 3.63) is 0 Å². The first-order chi connectivity index (χ1) is 7.59. The van der Waals surface area contributed by atoms with E-state index in [9.17, 15) is 0 Å². The predicted molar refractivity (Wildman–Crippen MR) is 71.8 cm³/mol. The van der Waals surface area contributed by atoms with Crippen LogP contribution >= 0.6 is 0 Å². The number of nitrogens with zero attached hydrogens (tertiary/aromatic N) is 2. The van der Waals surface area contributed by atoms with Gasteiger partial charge >= 0.3 is 0 Å². The molecule has 2 heteroatoms. The molecule has 1 aliphatic heterocycles. The van der Waals surface area contributed by atoms with Crippen LogP contribution in [0.4, 0.5) is 0 Å². The van der Waals surface area contributed by atoms with Crippen LogP contribution in [0.15, 0.2) is 0 Å². The molecule has 1 rings (SSSR count). The van der Waals surface area contributed by atoms with Crippen LogP contribution in [0, 0.1) is 5.92 Å². The van der Waals surface area contributed by atoms with E-state index in [0.29, 0.717) is 0 Å². The zero-order chi connectivity index (χ0) is 12.0. The smallest absolute Gasteiger partial charge is 0.0113 e. The molecule has 0 N–H and O–H groups in total. The summed E-state index contributed by atoms with van der Waals surface area (Å²) in [7, 11) is 0. The van der Waals surface area contributed by atoms with Gasteiger partial charge in [0.2, 0.25) is 0 Å². The van der Waals surface area contributed by atoms with E-state index in [-0.39, 0.29) is 0 Å². The second-order valence-corrected chi connectivity index (χ2v) is 5.86. The van der Waals surface area contributed by atoms with Gasteiger partial charge in [0.1, 0.15) is 0 Å². The van der Waals surface area contributed by atoms with Gasteiger partial charge in [0.15, 0.2) is 0 Å². The Hall–Kier alpha value is -0.0800. The lowest BCUT2D eigenvalue weighted by Crippen LogP contribution is -2.48. The average molecular weight is 226 g/mol. The quantitative estimate of drug-likeness (QED) is 0.643. The normalized spacial score (nSPS) is 19.9. The number of unbranched alkanes of at least 4 members (excludes halogenated alkanes) is 1. The van der Waals surface area contributed by atoms with Crippen molar-refractivity contribution < 1.29 is 0 Å². The summed E-state index contributed by atoms with van der Waals surface area (Å²) < 4.78 is 0. The molecular weight excluding hydrogens is 196 g/mol. The lowest BCUT2D eigenvalue weighted by Gasteiger charge is -2.36. The Morgan fingerprint density at radius 2 is 1.50 bits per heavy atom. The van der Waals surface area contributed by atoms with Crippen molar-refractivity contribution in [3.63, 3.8) is 0 Å². The minimum absolute atomic E-state index is 0.725. The molecule has 1 fully saturated rings. The van der Waals surface area contributed by atoms with E-state index in [1.807, 2.05) is 0 Å². The molecule has 0 saturated carbocycles. The van der Waals surface area contributed by atoms with Gasteiger partial charge in [-0.25, -0.2) is 0 Å². The lowest BCUT2D eigenvalue weighted by atomic mass is 10.1. The van der Waals surface area contributed by atoms with Gasteiger partial charge in [0, 0.05) is 32.2 Å². The molecule has 0 unspecified atom stereocenters. The first-order valence-corrected chi connectivity index (χ1v) is 7.06. The maximum Gasteiger partial charge on any atom is 0.0113 e. The minimum atomic E-state index is 0.725. The minimum Gasteiger partial charge on any atom is -0.301 e. The first-order valence-electron chi connectivity index (χ1n) is 7.06. The van der Waals surface area contributed by atoms with E-state index in [4.69, 9.17) is 0 Å². The molecule has 0 bridgehead atoms. The summed E-state index contributed by atoms with van der Waals surface area (Å²) in [6.07, 6.45) is 4.19. The van der Waals surface area contributed by atoms with E-state index in [2.05, 4.69) is 37.5 Å². The van der Waals surface area contributed by atoms with Gasteiger partial charge in [-0.1, -0.05) is 26.7 Å². The molecule has 0 amide bonds. The molecule has 96 valence electrons. The van der Waals surface area contributed by atoms with Crippen molar-refractivity contribution in [3.8, 4) is 0 Å². The van der Waals surface area contributed by atoms with Crippen LogP contribution in [0.5, 0.6) is 0 Å². The van der Waals surface area contributed by atoms with Gasteiger partial charge < -0.3 is 4.90 Å². The molecule has 2 nitrogen and oxygen atoms in total. The summed E-state index contributed by atoms with van der Waals surface area (Å²) in [5.41, 5.74) is 0. The van der Waals surface area contributed by atoms with Crippen molar-refractivity contribution in [2.45, 2.75) is 53.0 Å². The van der Waals surface area contributed by atoms with Gasteiger partial charge in [0.25, 0.3) is 0 Å². The fraction of sp³-hybridized carbons (Fsp3) is 1.00. The monoisotopic (exact) mass is 226 g/mol. The molecule has 0 radical (unpaired) electrons. The lowest BCUT2D eigenvalue weighted by molar-refractivity contribution is 0.107. The Balaban J connectivity index is 2.04. The van der Waals surface area contributed by atoms with E-state index >= 15 is 0 Å². The van der Waals surface area contributed by atoms with Crippen molar-refractivity contribution in [1.29, 1.82) is 0 Å². The van der Waals surface area contributed by atoms with Crippen LogP contribution in [0.1, 0.15) is 47.0 Å². The largest absolute Gasteiger partial charge is 0.301 e. The van der Waals surface area contributed by atoms with Crippen LogP contribution in [-0.2, 0) is 0 Å². The zero-order valence-electron chi connectivity index (χ0n) is 11.7. The first kappa shape index (κ1) is 14.0. The molecule has 16 heavy (non-hydrogen) atoms. The topological polar surface area (TPSA) is 6.48 Å². The fourth-order valence-electron chi connectivity index (χ4n) is 2.39. The Bertz CT molecular complexity index is 170. The SMILES string of the molecule is CC(C)CCCCN1CCN(C(C)C)CC1. The van der Waals surface area contributed by atoms with Crippen LogP contribution in [0.25, 0.3) is 0 Å². The van der Waals surface area contributed by atoms with E-state index in [1.165, 1.54) is 52.0 Å². The molecule has 0 spiro atoms. The van der Waals surface area contributed by atoms with E-state index in [0.717, 1.165) is 12.0 Å².